The Balaban J connectivity index is 1.36. The molecule has 0 aliphatic carbocycles. The number of likely N-dealkylation sites (tertiary alicyclic amines) is 1. The van der Waals surface area contributed by atoms with Crippen LogP contribution in [0.25, 0.3) is 11.3 Å². The summed E-state index contributed by atoms with van der Waals surface area (Å²) >= 11 is 0. The van der Waals surface area contributed by atoms with Gasteiger partial charge in [0.2, 0.25) is 11.8 Å². The third-order valence-electron chi connectivity index (χ3n) is 6.32. The van der Waals surface area contributed by atoms with Gasteiger partial charge in [-0.05, 0) is 63.0 Å². The SMILES string of the molecule is Fc1cnc2nc1-c1ccnc(c1)OCC/C=C/COCc1cc(ccc1OCCCN1CCCC1)N2. The molecule has 9 heteroatoms. The first kappa shape index (κ1) is 25.1. The number of hydrogen-bond acceptors (Lipinski definition) is 8. The number of nitrogens with one attached hydrogen (secondary N) is 1. The number of hydrogen-bond donors (Lipinski definition) is 1. The molecular weight excluding hydrogens is 473 g/mol. The van der Waals surface area contributed by atoms with Crippen LogP contribution in [-0.4, -0.2) is 59.3 Å². The molecule has 0 saturated carbocycles. The van der Waals surface area contributed by atoms with Crippen LogP contribution in [0.2, 0.25) is 0 Å². The maximum atomic E-state index is 14.6. The normalized spacial score (nSPS) is 17.2. The van der Waals surface area contributed by atoms with Crippen LogP contribution in [0.15, 0.2) is 54.9 Å². The summed E-state index contributed by atoms with van der Waals surface area (Å²) in [6.45, 7) is 5.40. The minimum absolute atomic E-state index is 0.173. The van der Waals surface area contributed by atoms with Crippen molar-refractivity contribution in [3.63, 3.8) is 0 Å². The number of aromatic nitrogens is 3. The second-order valence-electron chi connectivity index (χ2n) is 9.09. The quantitative estimate of drug-likeness (QED) is 0.377. The van der Waals surface area contributed by atoms with E-state index in [4.69, 9.17) is 14.2 Å². The smallest absolute Gasteiger partial charge is 0.227 e. The highest BCUT2D eigenvalue weighted by Gasteiger charge is 2.14. The van der Waals surface area contributed by atoms with E-state index >= 15 is 0 Å². The number of nitrogens with zero attached hydrogens (tertiary/aromatic N) is 4. The van der Waals surface area contributed by atoms with Crippen LogP contribution in [0.4, 0.5) is 16.0 Å². The molecule has 0 spiro atoms. The van der Waals surface area contributed by atoms with Crippen molar-refractivity contribution in [2.24, 2.45) is 0 Å². The largest absolute Gasteiger partial charge is 0.493 e. The second-order valence-corrected chi connectivity index (χ2v) is 9.09. The number of halogens is 1. The average molecular weight is 506 g/mol. The summed E-state index contributed by atoms with van der Waals surface area (Å²) in [7, 11) is 0. The lowest BCUT2D eigenvalue weighted by Crippen LogP contribution is -2.22. The number of anilines is 2. The van der Waals surface area contributed by atoms with E-state index in [0.717, 1.165) is 36.2 Å². The molecule has 37 heavy (non-hydrogen) atoms. The van der Waals surface area contributed by atoms with E-state index in [9.17, 15) is 4.39 Å². The van der Waals surface area contributed by atoms with Crippen molar-refractivity contribution in [3.05, 3.63) is 66.3 Å². The Kier molecular flexibility index (Phi) is 8.55. The molecule has 2 aromatic heterocycles. The van der Waals surface area contributed by atoms with Gasteiger partial charge >= 0.3 is 0 Å². The fourth-order valence-corrected chi connectivity index (χ4v) is 4.44. The lowest BCUT2D eigenvalue weighted by Gasteiger charge is -2.17. The number of pyridine rings is 1. The predicted molar refractivity (Wildman–Crippen MR) is 140 cm³/mol. The van der Waals surface area contributed by atoms with Gasteiger partial charge in [-0.3, -0.25) is 0 Å². The van der Waals surface area contributed by atoms with Gasteiger partial charge in [0.25, 0.3) is 0 Å². The molecule has 3 aromatic rings. The fourth-order valence-electron chi connectivity index (χ4n) is 4.44. The summed E-state index contributed by atoms with van der Waals surface area (Å²) in [6, 6.07) is 9.18. The van der Waals surface area contributed by atoms with Gasteiger partial charge in [-0.25, -0.2) is 19.3 Å². The molecule has 2 aliphatic heterocycles. The second kappa shape index (κ2) is 12.6. The zero-order valence-corrected chi connectivity index (χ0v) is 20.9. The van der Waals surface area contributed by atoms with Crippen molar-refractivity contribution < 1.29 is 18.6 Å². The van der Waals surface area contributed by atoms with Crippen molar-refractivity contribution in [1.29, 1.82) is 0 Å². The fraction of sp³-hybridized carbons (Fsp3) is 0.393. The van der Waals surface area contributed by atoms with Gasteiger partial charge in [0.05, 0.1) is 32.6 Å². The minimum atomic E-state index is -0.521. The summed E-state index contributed by atoms with van der Waals surface area (Å²) in [5, 5.41) is 3.19. The Labute approximate surface area is 216 Å². The van der Waals surface area contributed by atoms with Crippen LogP contribution in [-0.2, 0) is 11.3 Å². The lowest BCUT2D eigenvalue weighted by molar-refractivity contribution is 0.144. The third kappa shape index (κ3) is 7.02. The van der Waals surface area contributed by atoms with Crippen LogP contribution in [0.1, 0.15) is 31.2 Å². The zero-order valence-electron chi connectivity index (χ0n) is 20.9. The van der Waals surface area contributed by atoms with Crippen molar-refractivity contribution in [2.75, 3.05) is 44.8 Å². The number of ether oxygens (including phenoxy) is 3. The molecule has 1 N–H and O–H groups in total. The van der Waals surface area contributed by atoms with Gasteiger partial charge < -0.3 is 24.4 Å². The van der Waals surface area contributed by atoms with E-state index in [1.54, 1.807) is 18.3 Å². The first-order valence-corrected chi connectivity index (χ1v) is 12.8. The summed E-state index contributed by atoms with van der Waals surface area (Å²) < 4.78 is 32.4. The minimum Gasteiger partial charge on any atom is -0.493 e. The van der Waals surface area contributed by atoms with Crippen molar-refractivity contribution >= 4 is 11.6 Å². The molecule has 0 atom stereocenters. The molecule has 0 radical (unpaired) electrons. The third-order valence-corrected chi connectivity index (χ3v) is 6.32. The van der Waals surface area contributed by atoms with Crippen molar-refractivity contribution in [1.82, 2.24) is 19.9 Å². The van der Waals surface area contributed by atoms with Crippen LogP contribution in [0, 0.1) is 5.82 Å². The topological polar surface area (TPSA) is 81.6 Å². The molecule has 1 saturated heterocycles. The van der Waals surface area contributed by atoms with Crippen LogP contribution >= 0.6 is 0 Å². The molecule has 1 aromatic carbocycles. The predicted octanol–water partition coefficient (Wildman–Crippen LogP) is 5.14. The maximum Gasteiger partial charge on any atom is 0.227 e. The molecular formula is C28H32FN5O3. The summed E-state index contributed by atoms with van der Waals surface area (Å²) in [6.07, 6.45) is 11.0. The highest BCUT2D eigenvalue weighted by atomic mass is 19.1. The van der Waals surface area contributed by atoms with E-state index in [1.807, 2.05) is 30.4 Å². The highest BCUT2D eigenvalue weighted by molar-refractivity contribution is 5.64. The Morgan fingerprint density at radius 1 is 1.08 bits per heavy atom. The van der Waals surface area contributed by atoms with Crippen LogP contribution in [0.5, 0.6) is 11.6 Å². The molecule has 5 rings (SSSR count). The average Bonchev–Trinajstić information content (AvgIpc) is 3.43. The summed E-state index contributed by atoms with van der Waals surface area (Å²) in [5.74, 6) is 0.970. The zero-order chi connectivity index (χ0) is 25.3. The Bertz CT molecular complexity index is 1220. The first-order valence-electron chi connectivity index (χ1n) is 12.8. The summed E-state index contributed by atoms with van der Waals surface area (Å²) in [4.78, 5) is 15.3. The molecule has 0 amide bonds. The molecule has 8 nitrogen and oxygen atoms in total. The first-order chi connectivity index (χ1) is 18.2. The standard InChI is InChI=1S/C28H32FN5O3/c29-24-19-31-28-32-23-7-8-25(36-16-6-13-34-11-2-3-12-34)22(17-23)20-35-14-4-1-5-15-37-26-18-21(9-10-30-26)27(24)33-28/h1,4,7-10,17-19H,2-3,5-6,11-16,20H2,(H,31,32,33)/b4-1+. The Morgan fingerprint density at radius 3 is 2.92 bits per heavy atom. The Hall–Kier alpha value is -3.56. The molecule has 1 fully saturated rings. The van der Waals surface area contributed by atoms with E-state index in [-0.39, 0.29) is 11.6 Å². The van der Waals surface area contributed by atoms with Gasteiger partial charge in [0, 0.05) is 35.6 Å². The molecule has 4 heterocycles. The lowest BCUT2D eigenvalue weighted by atomic mass is 10.1. The highest BCUT2D eigenvalue weighted by Crippen LogP contribution is 2.28. The monoisotopic (exact) mass is 505 g/mol. The van der Waals surface area contributed by atoms with Crippen LogP contribution < -0.4 is 14.8 Å². The van der Waals surface area contributed by atoms with E-state index < -0.39 is 5.82 Å². The van der Waals surface area contributed by atoms with Crippen LogP contribution in [0.3, 0.4) is 0 Å². The van der Waals surface area contributed by atoms with Gasteiger partial charge in [-0.15, -0.1) is 0 Å². The van der Waals surface area contributed by atoms with E-state index in [2.05, 4.69) is 25.2 Å². The van der Waals surface area contributed by atoms with Gasteiger partial charge in [0.15, 0.2) is 5.82 Å². The number of rotatable bonds is 5. The maximum absolute atomic E-state index is 14.6. The van der Waals surface area contributed by atoms with Gasteiger partial charge in [0.1, 0.15) is 11.4 Å². The molecule has 2 aliphatic rings. The van der Waals surface area contributed by atoms with Gasteiger partial charge in [-0.2, -0.15) is 0 Å². The van der Waals surface area contributed by atoms with Crippen molar-refractivity contribution in [2.45, 2.75) is 32.3 Å². The van der Waals surface area contributed by atoms with E-state index in [1.165, 1.54) is 25.9 Å². The Morgan fingerprint density at radius 2 is 2.00 bits per heavy atom. The molecule has 6 bridgehead atoms. The van der Waals surface area contributed by atoms with Crippen molar-refractivity contribution in [3.8, 4) is 22.9 Å². The number of fused-ring (bicyclic) bond motifs is 7. The van der Waals surface area contributed by atoms with Gasteiger partial charge in [-0.1, -0.05) is 12.2 Å². The number of benzene rings is 1. The summed E-state index contributed by atoms with van der Waals surface area (Å²) in [5.41, 5.74) is 2.42. The van der Waals surface area contributed by atoms with E-state index in [0.29, 0.717) is 44.3 Å². The molecule has 194 valence electrons. The molecule has 0 unspecified atom stereocenters.